The summed E-state index contributed by atoms with van der Waals surface area (Å²) in [6, 6.07) is 8.42. The molecule has 1 aliphatic rings. The van der Waals surface area contributed by atoms with Crippen LogP contribution in [0.25, 0.3) is 0 Å². The van der Waals surface area contributed by atoms with Crippen LogP contribution in [0.1, 0.15) is 29.7 Å². The first-order valence-electron chi connectivity index (χ1n) is 8.53. The van der Waals surface area contributed by atoms with Gasteiger partial charge in [0.05, 0.1) is 5.69 Å². The topological polar surface area (TPSA) is 41.0 Å². The number of likely N-dealkylation sites (tertiary alicyclic amines) is 1. The molecule has 0 radical (unpaired) electrons. The van der Waals surface area contributed by atoms with E-state index in [2.05, 4.69) is 45.3 Å². The average Bonchev–Trinajstić information content (AvgIpc) is 2.58. The van der Waals surface area contributed by atoms with Crippen molar-refractivity contribution >= 4 is 0 Å². The molecule has 1 fully saturated rings. The Morgan fingerprint density at radius 2 is 2.22 bits per heavy atom. The number of nitrogens with zero attached hydrogens (tertiary/aromatic N) is 3. The van der Waals surface area contributed by atoms with Crippen LogP contribution < -0.4 is 5.32 Å². The van der Waals surface area contributed by atoms with Crippen molar-refractivity contribution in [2.45, 2.75) is 32.9 Å². The minimum absolute atomic E-state index is 0.728. The van der Waals surface area contributed by atoms with E-state index in [9.17, 15) is 0 Å². The molecule has 1 saturated heterocycles. The van der Waals surface area contributed by atoms with Crippen LogP contribution in [0.5, 0.6) is 0 Å². The average molecular weight is 310 g/mol. The number of pyridine rings is 2. The molecule has 0 bridgehead atoms. The van der Waals surface area contributed by atoms with Gasteiger partial charge in [0.1, 0.15) is 0 Å². The summed E-state index contributed by atoms with van der Waals surface area (Å²) >= 11 is 0. The highest BCUT2D eigenvalue weighted by Gasteiger charge is 2.19. The fraction of sp³-hybridized carbons (Fsp3) is 0.474. The Labute approximate surface area is 139 Å². The summed E-state index contributed by atoms with van der Waals surface area (Å²) in [6.07, 6.45) is 8.36. The molecule has 3 heterocycles. The van der Waals surface area contributed by atoms with E-state index in [4.69, 9.17) is 0 Å². The molecule has 0 spiro atoms. The summed E-state index contributed by atoms with van der Waals surface area (Å²) in [4.78, 5) is 11.2. The maximum absolute atomic E-state index is 4.45. The van der Waals surface area contributed by atoms with E-state index in [1.807, 2.05) is 24.7 Å². The number of nitrogens with one attached hydrogen (secondary N) is 1. The first-order valence-corrected chi connectivity index (χ1v) is 8.53. The second kappa shape index (κ2) is 8.18. The van der Waals surface area contributed by atoms with Gasteiger partial charge in [0, 0.05) is 38.2 Å². The highest BCUT2D eigenvalue weighted by atomic mass is 15.1. The van der Waals surface area contributed by atoms with Crippen molar-refractivity contribution in [2.75, 3.05) is 19.6 Å². The standard InChI is InChI=1S/C19H26N4/c1-16-6-7-19(22-10-16)13-21-12-18-5-3-9-23(15-18)14-17-4-2-8-20-11-17/h2,4,6-8,10-11,18,21H,3,5,9,12-15H2,1H3. The van der Waals surface area contributed by atoms with Crippen LogP contribution in [-0.2, 0) is 13.1 Å². The SMILES string of the molecule is Cc1ccc(CNCC2CCCN(Cc3cccnc3)C2)nc1. The molecule has 3 rings (SSSR count). The minimum Gasteiger partial charge on any atom is -0.311 e. The molecule has 1 atom stereocenters. The van der Waals surface area contributed by atoms with Gasteiger partial charge in [-0.2, -0.15) is 0 Å². The monoisotopic (exact) mass is 310 g/mol. The summed E-state index contributed by atoms with van der Waals surface area (Å²) in [5.41, 5.74) is 3.65. The fourth-order valence-corrected chi connectivity index (χ4v) is 3.22. The van der Waals surface area contributed by atoms with Crippen molar-refractivity contribution in [3.63, 3.8) is 0 Å². The van der Waals surface area contributed by atoms with E-state index in [-0.39, 0.29) is 0 Å². The van der Waals surface area contributed by atoms with E-state index in [0.717, 1.165) is 31.2 Å². The number of aromatic nitrogens is 2. The third kappa shape index (κ3) is 5.12. The normalized spacial score (nSPS) is 18.9. The lowest BCUT2D eigenvalue weighted by atomic mass is 9.97. The number of rotatable bonds is 6. The molecule has 0 aliphatic carbocycles. The zero-order valence-corrected chi connectivity index (χ0v) is 13.9. The summed E-state index contributed by atoms with van der Waals surface area (Å²) in [5.74, 6) is 0.728. The molecule has 4 heteroatoms. The lowest BCUT2D eigenvalue weighted by molar-refractivity contribution is 0.165. The Bertz CT molecular complexity index is 582. The second-order valence-electron chi connectivity index (χ2n) is 6.56. The maximum Gasteiger partial charge on any atom is 0.0541 e. The van der Waals surface area contributed by atoms with Gasteiger partial charge in [0.15, 0.2) is 0 Å². The lowest BCUT2D eigenvalue weighted by Gasteiger charge is -2.32. The molecule has 122 valence electrons. The van der Waals surface area contributed by atoms with Crippen molar-refractivity contribution in [3.8, 4) is 0 Å². The molecular formula is C19H26N4. The Kier molecular flexibility index (Phi) is 5.72. The van der Waals surface area contributed by atoms with E-state index in [1.54, 1.807) is 0 Å². The zero-order valence-electron chi connectivity index (χ0n) is 13.9. The van der Waals surface area contributed by atoms with Crippen LogP contribution >= 0.6 is 0 Å². The third-order valence-electron chi connectivity index (χ3n) is 4.44. The number of hydrogen-bond donors (Lipinski definition) is 1. The van der Waals surface area contributed by atoms with Crippen molar-refractivity contribution in [1.82, 2.24) is 20.2 Å². The Morgan fingerprint density at radius 3 is 3.00 bits per heavy atom. The van der Waals surface area contributed by atoms with Crippen LogP contribution in [-0.4, -0.2) is 34.5 Å². The summed E-state index contributed by atoms with van der Waals surface area (Å²) in [6.45, 7) is 7.39. The van der Waals surface area contributed by atoms with Crippen molar-refractivity contribution < 1.29 is 0 Å². The molecule has 0 aromatic carbocycles. The van der Waals surface area contributed by atoms with E-state index in [0.29, 0.717) is 0 Å². The van der Waals surface area contributed by atoms with Crippen LogP contribution in [0.2, 0.25) is 0 Å². The van der Waals surface area contributed by atoms with E-state index < -0.39 is 0 Å². The van der Waals surface area contributed by atoms with Gasteiger partial charge in [-0.15, -0.1) is 0 Å². The maximum atomic E-state index is 4.45. The second-order valence-corrected chi connectivity index (χ2v) is 6.56. The van der Waals surface area contributed by atoms with Gasteiger partial charge in [0.25, 0.3) is 0 Å². The van der Waals surface area contributed by atoms with Gasteiger partial charge in [-0.05, 0) is 62.0 Å². The summed E-state index contributed by atoms with van der Waals surface area (Å²) in [7, 11) is 0. The molecule has 0 amide bonds. The predicted octanol–water partition coefficient (Wildman–Crippen LogP) is 2.79. The molecule has 1 unspecified atom stereocenters. The number of hydrogen-bond acceptors (Lipinski definition) is 4. The smallest absolute Gasteiger partial charge is 0.0541 e. The number of piperidine rings is 1. The van der Waals surface area contributed by atoms with Gasteiger partial charge in [-0.25, -0.2) is 0 Å². The molecule has 1 aliphatic heterocycles. The largest absolute Gasteiger partial charge is 0.311 e. The van der Waals surface area contributed by atoms with Crippen LogP contribution in [0.3, 0.4) is 0 Å². The van der Waals surface area contributed by atoms with Crippen LogP contribution in [0.15, 0.2) is 42.9 Å². The third-order valence-corrected chi connectivity index (χ3v) is 4.44. The molecule has 2 aromatic heterocycles. The lowest BCUT2D eigenvalue weighted by Crippen LogP contribution is -2.39. The Morgan fingerprint density at radius 1 is 1.26 bits per heavy atom. The first kappa shape index (κ1) is 16.1. The minimum atomic E-state index is 0.728. The van der Waals surface area contributed by atoms with Crippen LogP contribution in [0, 0.1) is 12.8 Å². The molecule has 1 N–H and O–H groups in total. The number of aryl methyl sites for hydroxylation is 1. The first-order chi connectivity index (χ1) is 11.3. The molecular weight excluding hydrogens is 284 g/mol. The van der Waals surface area contributed by atoms with Gasteiger partial charge in [-0.3, -0.25) is 14.9 Å². The molecule has 2 aromatic rings. The Balaban J connectivity index is 1.42. The zero-order chi connectivity index (χ0) is 15.9. The molecule has 23 heavy (non-hydrogen) atoms. The van der Waals surface area contributed by atoms with Crippen molar-refractivity contribution in [1.29, 1.82) is 0 Å². The van der Waals surface area contributed by atoms with Crippen molar-refractivity contribution in [2.24, 2.45) is 5.92 Å². The summed E-state index contributed by atoms with van der Waals surface area (Å²) < 4.78 is 0. The van der Waals surface area contributed by atoms with Crippen molar-refractivity contribution in [3.05, 3.63) is 59.7 Å². The van der Waals surface area contributed by atoms with Crippen LogP contribution in [0.4, 0.5) is 0 Å². The van der Waals surface area contributed by atoms with Gasteiger partial charge < -0.3 is 5.32 Å². The fourth-order valence-electron chi connectivity index (χ4n) is 3.22. The molecule has 0 saturated carbocycles. The van der Waals surface area contributed by atoms with Gasteiger partial charge in [0.2, 0.25) is 0 Å². The van der Waals surface area contributed by atoms with E-state index in [1.165, 1.54) is 37.1 Å². The quantitative estimate of drug-likeness (QED) is 0.891. The summed E-state index contributed by atoms with van der Waals surface area (Å²) in [5, 5.41) is 3.57. The van der Waals surface area contributed by atoms with E-state index >= 15 is 0 Å². The van der Waals surface area contributed by atoms with Gasteiger partial charge in [-0.1, -0.05) is 12.1 Å². The Hall–Kier alpha value is -1.78. The molecule has 4 nitrogen and oxygen atoms in total. The predicted molar refractivity (Wildman–Crippen MR) is 92.9 cm³/mol. The highest BCUT2D eigenvalue weighted by molar-refractivity contribution is 5.12. The van der Waals surface area contributed by atoms with Gasteiger partial charge >= 0.3 is 0 Å². The highest BCUT2D eigenvalue weighted by Crippen LogP contribution is 2.18.